The molecule has 3 rings (SSSR count). The van der Waals surface area contributed by atoms with Crippen LogP contribution in [-0.2, 0) is 0 Å². The molecule has 1 unspecified atom stereocenters. The van der Waals surface area contributed by atoms with Crippen LogP contribution in [0.4, 0.5) is 0 Å². The van der Waals surface area contributed by atoms with Crippen LogP contribution in [0.1, 0.15) is 17.2 Å². The molecule has 0 bridgehead atoms. The molecule has 0 aliphatic carbocycles. The number of hydrogen-bond acceptors (Lipinski definition) is 2. The zero-order valence-corrected chi connectivity index (χ0v) is 12.4. The van der Waals surface area contributed by atoms with Crippen LogP contribution in [0.25, 0.3) is 11.0 Å². The zero-order chi connectivity index (χ0) is 14.1. The summed E-state index contributed by atoms with van der Waals surface area (Å²) in [6.45, 7) is 0. The third-order valence-electron chi connectivity index (χ3n) is 3.40. The molecule has 0 saturated carbocycles. The van der Waals surface area contributed by atoms with Gasteiger partial charge in [0, 0.05) is 10.9 Å². The lowest BCUT2D eigenvalue weighted by Crippen LogP contribution is -2.17. The van der Waals surface area contributed by atoms with Gasteiger partial charge < -0.3 is 9.73 Å². The van der Waals surface area contributed by atoms with E-state index in [1.54, 1.807) is 12.3 Å². The maximum Gasteiger partial charge on any atom is 0.134 e. The van der Waals surface area contributed by atoms with Gasteiger partial charge in [0.1, 0.15) is 5.58 Å². The number of fused-ring (bicyclic) bond motifs is 1. The predicted molar refractivity (Wildman–Crippen MR) is 83.6 cm³/mol. The average Bonchev–Trinajstić information content (AvgIpc) is 2.88. The van der Waals surface area contributed by atoms with E-state index in [1.807, 2.05) is 43.4 Å². The summed E-state index contributed by atoms with van der Waals surface area (Å²) in [6.07, 6.45) is 1.77. The van der Waals surface area contributed by atoms with E-state index in [4.69, 9.17) is 27.6 Å². The van der Waals surface area contributed by atoms with E-state index in [2.05, 4.69) is 5.32 Å². The van der Waals surface area contributed by atoms with Crippen molar-refractivity contribution in [2.45, 2.75) is 6.04 Å². The van der Waals surface area contributed by atoms with Crippen molar-refractivity contribution in [2.75, 3.05) is 7.05 Å². The van der Waals surface area contributed by atoms with Gasteiger partial charge >= 0.3 is 0 Å². The number of para-hydroxylation sites is 1. The van der Waals surface area contributed by atoms with E-state index in [1.165, 1.54) is 0 Å². The Morgan fingerprint density at radius 2 is 1.80 bits per heavy atom. The zero-order valence-electron chi connectivity index (χ0n) is 10.9. The summed E-state index contributed by atoms with van der Waals surface area (Å²) in [6, 6.07) is 13.5. The number of halogens is 2. The Labute approximate surface area is 127 Å². The van der Waals surface area contributed by atoms with Gasteiger partial charge in [0.2, 0.25) is 0 Å². The molecule has 1 N–H and O–H groups in total. The van der Waals surface area contributed by atoms with Crippen molar-refractivity contribution in [1.82, 2.24) is 5.32 Å². The third-order valence-corrected chi connectivity index (χ3v) is 4.24. The molecule has 0 saturated heterocycles. The molecular formula is C16H13Cl2NO. The van der Waals surface area contributed by atoms with Crippen LogP contribution in [0.2, 0.25) is 10.0 Å². The highest BCUT2D eigenvalue weighted by molar-refractivity contribution is 6.42. The van der Waals surface area contributed by atoms with E-state index in [-0.39, 0.29) is 6.04 Å². The van der Waals surface area contributed by atoms with Crippen LogP contribution in [0.15, 0.2) is 53.1 Å². The molecule has 0 fully saturated rings. The topological polar surface area (TPSA) is 25.2 Å². The van der Waals surface area contributed by atoms with E-state index in [9.17, 15) is 0 Å². The minimum absolute atomic E-state index is 0.0650. The van der Waals surface area contributed by atoms with Crippen molar-refractivity contribution in [2.24, 2.45) is 0 Å². The fourth-order valence-electron chi connectivity index (χ4n) is 2.44. The quantitative estimate of drug-likeness (QED) is 0.732. The smallest absolute Gasteiger partial charge is 0.134 e. The lowest BCUT2D eigenvalue weighted by molar-refractivity contribution is 0.597. The van der Waals surface area contributed by atoms with Crippen LogP contribution < -0.4 is 5.32 Å². The molecule has 2 nitrogen and oxygen atoms in total. The monoisotopic (exact) mass is 305 g/mol. The van der Waals surface area contributed by atoms with Gasteiger partial charge in [-0.15, -0.1) is 0 Å². The summed E-state index contributed by atoms with van der Waals surface area (Å²) in [5.41, 5.74) is 2.85. The van der Waals surface area contributed by atoms with E-state index in [0.29, 0.717) is 10.0 Å². The number of hydrogen-bond donors (Lipinski definition) is 1. The normalized spacial score (nSPS) is 12.8. The van der Waals surface area contributed by atoms with Crippen LogP contribution >= 0.6 is 23.2 Å². The molecule has 1 atom stereocenters. The highest BCUT2D eigenvalue weighted by atomic mass is 35.5. The van der Waals surface area contributed by atoms with Gasteiger partial charge in [-0.3, -0.25) is 0 Å². The van der Waals surface area contributed by atoms with Crippen molar-refractivity contribution in [3.63, 3.8) is 0 Å². The van der Waals surface area contributed by atoms with Crippen LogP contribution in [-0.4, -0.2) is 7.05 Å². The average molecular weight is 306 g/mol. The summed E-state index contributed by atoms with van der Waals surface area (Å²) >= 11 is 12.4. The van der Waals surface area contributed by atoms with Crippen molar-refractivity contribution in [1.29, 1.82) is 0 Å². The molecule has 3 aromatic rings. The van der Waals surface area contributed by atoms with Crippen LogP contribution in [0.3, 0.4) is 0 Å². The van der Waals surface area contributed by atoms with E-state index in [0.717, 1.165) is 22.1 Å². The number of nitrogens with one attached hydrogen (secondary N) is 1. The molecular weight excluding hydrogens is 293 g/mol. The maximum atomic E-state index is 6.33. The molecule has 0 aliphatic heterocycles. The summed E-state index contributed by atoms with van der Waals surface area (Å²) in [4.78, 5) is 0. The molecule has 0 radical (unpaired) electrons. The molecule has 0 spiro atoms. The Hall–Kier alpha value is -1.48. The Morgan fingerprint density at radius 1 is 1.00 bits per heavy atom. The fraction of sp³-hybridized carbons (Fsp3) is 0.125. The van der Waals surface area contributed by atoms with Gasteiger partial charge in [-0.2, -0.15) is 0 Å². The predicted octanol–water partition coefficient (Wildman–Crippen LogP) is 5.05. The molecule has 2 aromatic carbocycles. The Kier molecular flexibility index (Phi) is 3.70. The second kappa shape index (κ2) is 5.49. The lowest BCUT2D eigenvalue weighted by Gasteiger charge is -2.17. The Balaban J connectivity index is 2.17. The minimum atomic E-state index is -0.0650. The first-order valence-electron chi connectivity index (χ1n) is 6.29. The van der Waals surface area contributed by atoms with Crippen molar-refractivity contribution in [3.8, 4) is 0 Å². The number of rotatable bonds is 3. The standard InChI is InChI=1S/C16H13Cl2NO/c1-19-16(11-6-4-7-13(17)15(11)18)12-9-20-14-8-3-2-5-10(12)14/h2-9,16,19H,1H3. The molecule has 20 heavy (non-hydrogen) atoms. The first-order valence-corrected chi connectivity index (χ1v) is 7.05. The Bertz CT molecular complexity index is 751. The molecule has 4 heteroatoms. The van der Waals surface area contributed by atoms with E-state index >= 15 is 0 Å². The highest BCUT2D eigenvalue weighted by Gasteiger charge is 2.20. The lowest BCUT2D eigenvalue weighted by atomic mass is 9.98. The van der Waals surface area contributed by atoms with Gasteiger partial charge in [-0.05, 0) is 24.7 Å². The van der Waals surface area contributed by atoms with Crippen molar-refractivity contribution in [3.05, 3.63) is 69.9 Å². The largest absolute Gasteiger partial charge is 0.464 e. The molecule has 1 heterocycles. The van der Waals surface area contributed by atoms with Gasteiger partial charge in [-0.25, -0.2) is 0 Å². The van der Waals surface area contributed by atoms with Crippen molar-refractivity contribution >= 4 is 34.2 Å². The first-order chi connectivity index (χ1) is 9.72. The Morgan fingerprint density at radius 3 is 2.60 bits per heavy atom. The fourth-order valence-corrected chi connectivity index (χ4v) is 2.86. The highest BCUT2D eigenvalue weighted by Crippen LogP contribution is 2.36. The van der Waals surface area contributed by atoms with Crippen LogP contribution in [0.5, 0.6) is 0 Å². The number of furan rings is 1. The van der Waals surface area contributed by atoms with Crippen LogP contribution in [0, 0.1) is 0 Å². The van der Waals surface area contributed by atoms with Gasteiger partial charge in [0.25, 0.3) is 0 Å². The summed E-state index contributed by atoms with van der Waals surface area (Å²) < 4.78 is 5.61. The number of benzene rings is 2. The third kappa shape index (κ3) is 2.20. The summed E-state index contributed by atoms with van der Waals surface area (Å²) in [5, 5.41) is 5.47. The van der Waals surface area contributed by atoms with E-state index < -0.39 is 0 Å². The van der Waals surface area contributed by atoms with Crippen molar-refractivity contribution < 1.29 is 4.42 Å². The van der Waals surface area contributed by atoms with Gasteiger partial charge in [-0.1, -0.05) is 53.5 Å². The first kappa shape index (κ1) is 13.5. The maximum absolute atomic E-state index is 6.33. The van der Waals surface area contributed by atoms with Gasteiger partial charge in [0.05, 0.1) is 22.4 Å². The molecule has 102 valence electrons. The molecule has 0 aliphatic rings. The van der Waals surface area contributed by atoms with Gasteiger partial charge in [0.15, 0.2) is 0 Å². The SMILES string of the molecule is CNC(c1cccc(Cl)c1Cl)c1coc2ccccc12. The molecule has 0 amide bonds. The molecule has 1 aromatic heterocycles. The minimum Gasteiger partial charge on any atom is -0.464 e. The summed E-state index contributed by atoms with van der Waals surface area (Å²) in [7, 11) is 1.89. The second-order valence-electron chi connectivity index (χ2n) is 4.55. The summed E-state index contributed by atoms with van der Waals surface area (Å²) in [5.74, 6) is 0. The second-order valence-corrected chi connectivity index (χ2v) is 5.34.